The van der Waals surface area contributed by atoms with Gasteiger partial charge in [0.25, 0.3) is 0 Å². The summed E-state index contributed by atoms with van der Waals surface area (Å²) in [5, 5.41) is 45.8. The van der Waals surface area contributed by atoms with Crippen molar-refractivity contribution in [3.05, 3.63) is 0 Å². The molecule has 10 nitrogen and oxygen atoms in total. The second kappa shape index (κ2) is 9.37. The maximum atomic E-state index is 11.6. The van der Waals surface area contributed by atoms with Crippen LogP contribution in [0.2, 0.25) is 1.41 Å². The van der Waals surface area contributed by atoms with Crippen LogP contribution >= 0.6 is 0 Å². The largest absolute Gasteiger partial charge is 0.480 e. The number of hydrogen-bond donors (Lipinski definition) is 7. The van der Waals surface area contributed by atoms with E-state index in [1.165, 1.54) is 0 Å². The summed E-state index contributed by atoms with van der Waals surface area (Å²) < 4.78 is 7.50. The minimum atomic E-state index is -2.10. The molecule has 0 saturated carbocycles. The van der Waals surface area contributed by atoms with Gasteiger partial charge in [-0.3, -0.25) is 19.7 Å². The zero-order valence-electron chi connectivity index (χ0n) is 12.1. The average molecular weight is 309 g/mol. The molecule has 8 N–H and O–H groups in total. The molecule has 0 aromatic carbocycles. The number of carboxylic acid groups (broad SMARTS) is 1. The van der Waals surface area contributed by atoms with Gasteiger partial charge in [0.05, 0.1) is 13.2 Å². The number of carbonyl (C=O) groups excluding carboxylic acids is 2. The second-order valence-electron chi connectivity index (χ2n) is 4.35. The van der Waals surface area contributed by atoms with Gasteiger partial charge in [0.1, 0.15) is 25.8 Å². The third kappa shape index (κ3) is 7.11. The number of ketones is 1. The standard InChI is InChI=1S/C11H20N2O8/c12-8(17)2-1-5(11(20)21)13-3-6(15)9(18)10(19)7(16)4-14/h5,7,9-10,13-14,16,18-19H,1-4H2,(H2,12,17)(H,20,21)/t5-,7+,9+,10+/m0/s1/i/hD. The topological polar surface area (TPSA) is 190 Å². The van der Waals surface area contributed by atoms with Crippen molar-refractivity contribution in [1.29, 1.82) is 0 Å². The maximum absolute atomic E-state index is 11.6. The summed E-state index contributed by atoms with van der Waals surface area (Å²) in [4.78, 5) is 33.2. The molecule has 0 aliphatic rings. The molecule has 0 saturated heterocycles. The Hall–Kier alpha value is -1.59. The summed E-state index contributed by atoms with van der Waals surface area (Å²) in [6.07, 6.45) is -6.45. The number of primary amides is 1. The molecule has 0 spiro atoms. The summed E-state index contributed by atoms with van der Waals surface area (Å²) in [6.45, 7) is -1.77. The van der Waals surface area contributed by atoms with Crippen LogP contribution in [0.15, 0.2) is 0 Å². The molecule has 10 heteroatoms. The number of nitrogens with two attached hydrogens (primary N) is 1. The molecule has 0 aromatic heterocycles. The Kier molecular flexibility index (Phi) is 7.79. The van der Waals surface area contributed by atoms with Gasteiger partial charge in [-0.05, 0) is 6.42 Å². The SMILES string of the molecule is [2H]N(CC(=O)[C@@H](O)[C@H](O)[C@H](O)CO)[C@@H](CCC(N)=O)C(=O)O. The number of Topliss-reactive ketones (excluding diaryl/α,β-unsaturated/α-hetero) is 1. The molecule has 0 heterocycles. The van der Waals surface area contributed by atoms with E-state index in [1.807, 2.05) is 0 Å². The van der Waals surface area contributed by atoms with E-state index in [4.69, 9.17) is 22.5 Å². The van der Waals surface area contributed by atoms with Crippen LogP contribution in [0.4, 0.5) is 0 Å². The summed E-state index contributed by atoms with van der Waals surface area (Å²) in [5.41, 5.74) is 4.88. The van der Waals surface area contributed by atoms with Crippen molar-refractivity contribution in [2.24, 2.45) is 5.73 Å². The van der Waals surface area contributed by atoms with E-state index in [1.54, 1.807) is 0 Å². The first kappa shape index (κ1) is 17.5. The van der Waals surface area contributed by atoms with Crippen LogP contribution < -0.4 is 11.0 Å². The molecule has 0 aliphatic carbocycles. The van der Waals surface area contributed by atoms with E-state index in [2.05, 4.69) is 0 Å². The molecule has 1 amide bonds. The van der Waals surface area contributed by atoms with E-state index in [9.17, 15) is 24.6 Å². The van der Waals surface area contributed by atoms with Gasteiger partial charge in [0.2, 0.25) is 5.91 Å². The Bertz CT molecular complexity index is 408. The third-order valence-corrected chi connectivity index (χ3v) is 2.65. The van der Waals surface area contributed by atoms with E-state index in [0.29, 0.717) is 5.31 Å². The van der Waals surface area contributed by atoms with Crippen molar-refractivity contribution < 1.29 is 41.3 Å². The lowest BCUT2D eigenvalue weighted by atomic mass is 10.0. The average Bonchev–Trinajstić information content (AvgIpc) is 2.43. The molecule has 0 rings (SSSR count). The van der Waals surface area contributed by atoms with Gasteiger partial charge < -0.3 is 31.3 Å². The highest BCUT2D eigenvalue weighted by Gasteiger charge is 2.30. The highest BCUT2D eigenvalue weighted by atomic mass is 16.4. The van der Waals surface area contributed by atoms with Crippen LogP contribution in [-0.4, -0.2) is 80.7 Å². The van der Waals surface area contributed by atoms with Crippen LogP contribution in [0.5, 0.6) is 0 Å². The van der Waals surface area contributed by atoms with E-state index < -0.39 is 55.2 Å². The number of amides is 1. The third-order valence-electron chi connectivity index (χ3n) is 2.65. The molecule has 0 bridgehead atoms. The monoisotopic (exact) mass is 309 g/mol. The Morgan fingerprint density at radius 3 is 2.24 bits per heavy atom. The summed E-state index contributed by atoms with van der Waals surface area (Å²) in [7, 11) is 0. The number of nitrogens with one attached hydrogen (secondary N) is 1. The van der Waals surface area contributed by atoms with Crippen molar-refractivity contribution in [2.45, 2.75) is 37.2 Å². The molecule has 0 radical (unpaired) electrons. The molecule has 0 aliphatic heterocycles. The van der Waals surface area contributed by atoms with Gasteiger partial charge in [0.15, 0.2) is 5.78 Å². The van der Waals surface area contributed by atoms with E-state index in [0.717, 1.165) is 0 Å². The lowest BCUT2D eigenvalue weighted by molar-refractivity contribution is -0.141. The molecule has 122 valence electrons. The Morgan fingerprint density at radius 1 is 1.24 bits per heavy atom. The minimum Gasteiger partial charge on any atom is -0.480 e. The number of rotatable bonds is 11. The zero-order valence-corrected chi connectivity index (χ0v) is 11.1. The normalized spacial score (nSPS) is 17.7. The van der Waals surface area contributed by atoms with Gasteiger partial charge in [-0.1, -0.05) is 0 Å². The molecule has 21 heavy (non-hydrogen) atoms. The molecule has 4 atom stereocenters. The smallest absolute Gasteiger partial charge is 0.320 e. The second-order valence-corrected chi connectivity index (χ2v) is 4.35. The Balaban J connectivity index is 4.70. The summed E-state index contributed by atoms with van der Waals surface area (Å²) in [5.74, 6) is -3.36. The van der Waals surface area contributed by atoms with Gasteiger partial charge in [-0.25, -0.2) is 0 Å². The van der Waals surface area contributed by atoms with Gasteiger partial charge in [0, 0.05) is 6.42 Å². The fourth-order valence-corrected chi connectivity index (χ4v) is 1.37. The molecule has 0 unspecified atom stereocenters. The van der Waals surface area contributed by atoms with Gasteiger partial charge in [-0.15, -0.1) is 0 Å². The van der Waals surface area contributed by atoms with Crippen molar-refractivity contribution in [3.8, 4) is 0 Å². The van der Waals surface area contributed by atoms with Crippen molar-refractivity contribution >= 4 is 17.7 Å². The van der Waals surface area contributed by atoms with Crippen LogP contribution in [0.1, 0.15) is 12.8 Å². The quantitative estimate of drug-likeness (QED) is 0.199. The lowest BCUT2D eigenvalue weighted by Gasteiger charge is -2.21. The Labute approximate surface area is 121 Å². The van der Waals surface area contributed by atoms with Crippen LogP contribution in [0, 0.1) is 0 Å². The number of hydrogen-bond acceptors (Lipinski definition) is 8. The van der Waals surface area contributed by atoms with Crippen molar-refractivity contribution in [2.75, 3.05) is 13.2 Å². The predicted octanol–water partition coefficient (Wildman–Crippen LogP) is -4.06. The fourth-order valence-electron chi connectivity index (χ4n) is 1.37. The number of aliphatic hydroxyl groups excluding tert-OH is 4. The van der Waals surface area contributed by atoms with Crippen LogP contribution in [0.3, 0.4) is 0 Å². The van der Waals surface area contributed by atoms with Crippen molar-refractivity contribution in [1.82, 2.24) is 5.31 Å². The van der Waals surface area contributed by atoms with Crippen LogP contribution in [-0.2, 0) is 14.4 Å². The molecule has 0 aromatic rings. The number of aliphatic carboxylic acids is 1. The number of carbonyl (C=O) groups is 3. The minimum absolute atomic E-state index is 0.306. The summed E-state index contributed by atoms with van der Waals surface area (Å²) in [6, 6.07) is -1.51. The first-order valence-corrected chi connectivity index (χ1v) is 6.06. The molecular weight excluding hydrogens is 288 g/mol. The van der Waals surface area contributed by atoms with Crippen molar-refractivity contribution in [3.63, 3.8) is 0 Å². The van der Waals surface area contributed by atoms with E-state index in [-0.39, 0.29) is 12.8 Å². The van der Waals surface area contributed by atoms with Crippen LogP contribution in [0.25, 0.3) is 0 Å². The number of aliphatic hydroxyl groups is 4. The lowest BCUT2D eigenvalue weighted by Crippen LogP contribution is -2.49. The molecule has 0 fully saturated rings. The predicted molar refractivity (Wildman–Crippen MR) is 68.0 cm³/mol. The summed E-state index contributed by atoms with van der Waals surface area (Å²) >= 11 is 0. The Morgan fingerprint density at radius 2 is 1.81 bits per heavy atom. The van der Waals surface area contributed by atoms with E-state index >= 15 is 0 Å². The first-order chi connectivity index (χ1) is 10.1. The maximum Gasteiger partial charge on any atom is 0.320 e. The van der Waals surface area contributed by atoms with Gasteiger partial charge >= 0.3 is 5.97 Å². The fraction of sp³-hybridized carbons (Fsp3) is 0.727. The van der Waals surface area contributed by atoms with Gasteiger partial charge in [-0.2, -0.15) is 0 Å². The highest BCUT2D eigenvalue weighted by molar-refractivity contribution is 5.86. The first-order valence-electron chi connectivity index (χ1n) is 6.50. The zero-order chi connectivity index (χ0) is 17.4. The number of carboxylic acids is 1. The highest BCUT2D eigenvalue weighted by Crippen LogP contribution is 2.02. The molecular formula is C11H20N2O8.